The van der Waals surface area contributed by atoms with Crippen molar-refractivity contribution in [2.24, 2.45) is 5.73 Å². The maximum atomic E-state index is 5.90. The molecule has 0 aliphatic rings. The van der Waals surface area contributed by atoms with Crippen molar-refractivity contribution in [1.29, 1.82) is 0 Å². The first-order valence-electron chi connectivity index (χ1n) is 6.18. The molecule has 0 aliphatic carbocycles. The second-order valence-electron chi connectivity index (χ2n) is 4.25. The Bertz CT molecular complexity index is 515. The lowest BCUT2D eigenvalue weighted by atomic mass is 10.3. The quantitative estimate of drug-likeness (QED) is 0.795. The fourth-order valence-corrected chi connectivity index (χ4v) is 2.64. The molecule has 0 saturated carbocycles. The van der Waals surface area contributed by atoms with Crippen LogP contribution in [0.1, 0.15) is 13.3 Å². The van der Waals surface area contributed by atoms with Crippen molar-refractivity contribution in [3.05, 3.63) is 12.1 Å². The monoisotopic (exact) mass is 281 g/mol. The molecule has 6 heteroatoms. The molecule has 1 aromatic heterocycles. The van der Waals surface area contributed by atoms with Gasteiger partial charge in [-0.1, -0.05) is 18.7 Å². The van der Waals surface area contributed by atoms with Crippen LogP contribution in [0.3, 0.4) is 0 Å². The van der Waals surface area contributed by atoms with Gasteiger partial charge in [-0.25, -0.2) is 4.98 Å². The Balaban J connectivity index is 2.24. The van der Waals surface area contributed by atoms with E-state index in [-0.39, 0.29) is 6.04 Å². The number of methoxy groups -OCH3 is 2. The number of fused-ring (bicyclic) bond motifs is 1. The summed E-state index contributed by atoms with van der Waals surface area (Å²) in [5.41, 5.74) is 7.71. The second-order valence-corrected chi connectivity index (χ2v) is 5.25. The number of nitrogens with zero attached hydrogens (tertiary/aromatic N) is 1. The fourth-order valence-electron chi connectivity index (χ4n) is 1.69. The number of hydrogen-bond donors (Lipinski definition) is 2. The summed E-state index contributed by atoms with van der Waals surface area (Å²) in [5, 5.41) is 0.870. The molecule has 104 valence electrons. The van der Waals surface area contributed by atoms with Crippen LogP contribution in [0.25, 0.3) is 11.0 Å². The van der Waals surface area contributed by atoms with Crippen molar-refractivity contribution < 1.29 is 9.47 Å². The summed E-state index contributed by atoms with van der Waals surface area (Å²) in [6.45, 7) is 2.08. The third-order valence-electron chi connectivity index (χ3n) is 2.92. The van der Waals surface area contributed by atoms with Crippen LogP contribution >= 0.6 is 11.8 Å². The SMILES string of the molecule is CCC(N)CSc1nc2cc(OC)c(OC)cc2[nH]1. The van der Waals surface area contributed by atoms with Gasteiger partial charge in [-0.2, -0.15) is 0 Å². The number of benzene rings is 1. The minimum Gasteiger partial charge on any atom is -0.493 e. The molecular weight excluding hydrogens is 262 g/mol. The van der Waals surface area contributed by atoms with Crippen LogP contribution in [0.5, 0.6) is 11.5 Å². The van der Waals surface area contributed by atoms with Gasteiger partial charge in [0.25, 0.3) is 0 Å². The highest BCUT2D eigenvalue weighted by Crippen LogP contribution is 2.32. The molecule has 3 N–H and O–H groups in total. The first kappa shape index (κ1) is 14.0. The number of thioether (sulfide) groups is 1. The van der Waals surface area contributed by atoms with E-state index in [2.05, 4.69) is 16.9 Å². The minimum absolute atomic E-state index is 0.197. The van der Waals surface area contributed by atoms with Crippen molar-refractivity contribution in [2.45, 2.75) is 24.5 Å². The van der Waals surface area contributed by atoms with Crippen LogP contribution < -0.4 is 15.2 Å². The van der Waals surface area contributed by atoms with Gasteiger partial charge in [0, 0.05) is 23.9 Å². The number of H-pyrrole nitrogens is 1. The van der Waals surface area contributed by atoms with Gasteiger partial charge in [-0.05, 0) is 6.42 Å². The summed E-state index contributed by atoms with van der Waals surface area (Å²) in [6.07, 6.45) is 0.967. The van der Waals surface area contributed by atoms with Crippen LogP contribution in [0, 0.1) is 0 Å². The van der Waals surface area contributed by atoms with E-state index < -0.39 is 0 Å². The maximum absolute atomic E-state index is 5.90. The number of aromatic nitrogens is 2. The van der Waals surface area contributed by atoms with E-state index in [1.807, 2.05) is 12.1 Å². The van der Waals surface area contributed by atoms with Crippen molar-refractivity contribution in [3.63, 3.8) is 0 Å². The summed E-state index contributed by atoms with van der Waals surface area (Å²) in [6, 6.07) is 3.96. The first-order valence-corrected chi connectivity index (χ1v) is 7.16. The summed E-state index contributed by atoms with van der Waals surface area (Å²) < 4.78 is 10.5. The zero-order valence-electron chi connectivity index (χ0n) is 11.4. The predicted molar refractivity (Wildman–Crippen MR) is 78.2 cm³/mol. The molecule has 2 rings (SSSR count). The Morgan fingerprint density at radius 3 is 2.63 bits per heavy atom. The van der Waals surface area contributed by atoms with E-state index in [0.717, 1.165) is 28.4 Å². The lowest BCUT2D eigenvalue weighted by Crippen LogP contribution is -2.21. The summed E-state index contributed by atoms with van der Waals surface area (Å²) in [7, 11) is 3.24. The fraction of sp³-hybridized carbons (Fsp3) is 0.462. The van der Waals surface area contributed by atoms with Crippen LogP contribution in [0.4, 0.5) is 0 Å². The van der Waals surface area contributed by atoms with Gasteiger partial charge < -0.3 is 20.2 Å². The van der Waals surface area contributed by atoms with E-state index in [9.17, 15) is 0 Å². The smallest absolute Gasteiger partial charge is 0.166 e. The standard InChI is InChI=1S/C13H19N3O2S/c1-4-8(14)7-19-13-15-9-5-11(17-2)12(18-3)6-10(9)16-13/h5-6,8H,4,7,14H2,1-3H3,(H,15,16). The molecule has 0 aliphatic heterocycles. The average molecular weight is 281 g/mol. The molecule has 1 heterocycles. The van der Waals surface area contributed by atoms with Crippen LogP contribution in [0.2, 0.25) is 0 Å². The lowest BCUT2D eigenvalue weighted by Gasteiger charge is -2.06. The third kappa shape index (κ3) is 3.13. The number of rotatable bonds is 6. The Kier molecular flexibility index (Phi) is 4.55. The van der Waals surface area contributed by atoms with E-state index in [0.29, 0.717) is 11.5 Å². The van der Waals surface area contributed by atoms with Gasteiger partial charge in [0.15, 0.2) is 16.7 Å². The summed E-state index contributed by atoms with van der Waals surface area (Å²) in [5.74, 6) is 2.23. The second kappa shape index (κ2) is 6.16. The molecule has 0 amide bonds. The van der Waals surface area contributed by atoms with Crippen LogP contribution in [0.15, 0.2) is 17.3 Å². The molecule has 5 nitrogen and oxygen atoms in total. The van der Waals surface area contributed by atoms with Gasteiger partial charge in [-0.3, -0.25) is 0 Å². The molecule has 1 atom stereocenters. The largest absolute Gasteiger partial charge is 0.493 e. The number of nitrogens with two attached hydrogens (primary N) is 1. The molecule has 0 radical (unpaired) electrons. The van der Waals surface area contributed by atoms with E-state index in [1.54, 1.807) is 26.0 Å². The molecule has 0 bridgehead atoms. The van der Waals surface area contributed by atoms with Crippen molar-refractivity contribution in [3.8, 4) is 11.5 Å². The molecule has 0 saturated heterocycles. The Morgan fingerprint density at radius 1 is 1.32 bits per heavy atom. The Morgan fingerprint density at radius 2 is 2.00 bits per heavy atom. The highest BCUT2D eigenvalue weighted by molar-refractivity contribution is 7.99. The Hall–Kier alpha value is -1.40. The minimum atomic E-state index is 0.197. The predicted octanol–water partition coefficient (Wildman–Crippen LogP) is 2.41. The first-order chi connectivity index (χ1) is 9.17. The number of hydrogen-bond acceptors (Lipinski definition) is 5. The van der Waals surface area contributed by atoms with Gasteiger partial charge in [0.1, 0.15) is 0 Å². The van der Waals surface area contributed by atoms with Crippen LogP contribution in [-0.4, -0.2) is 36.0 Å². The summed E-state index contributed by atoms with van der Waals surface area (Å²) >= 11 is 1.63. The normalized spacial score (nSPS) is 12.6. The molecule has 1 aromatic carbocycles. The lowest BCUT2D eigenvalue weighted by molar-refractivity contribution is 0.356. The topological polar surface area (TPSA) is 73.2 Å². The number of imidazole rings is 1. The van der Waals surface area contributed by atoms with Crippen LogP contribution in [-0.2, 0) is 0 Å². The van der Waals surface area contributed by atoms with Crippen molar-refractivity contribution >= 4 is 22.8 Å². The number of aromatic amines is 1. The van der Waals surface area contributed by atoms with Gasteiger partial charge >= 0.3 is 0 Å². The zero-order chi connectivity index (χ0) is 13.8. The molecular formula is C13H19N3O2S. The molecule has 2 aromatic rings. The van der Waals surface area contributed by atoms with E-state index in [4.69, 9.17) is 15.2 Å². The van der Waals surface area contributed by atoms with Crippen molar-refractivity contribution in [2.75, 3.05) is 20.0 Å². The van der Waals surface area contributed by atoms with E-state index >= 15 is 0 Å². The van der Waals surface area contributed by atoms with Gasteiger partial charge in [0.2, 0.25) is 0 Å². The summed E-state index contributed by atoms with van der Waals surface area (Å²) in [4.78, 5) is 7.78. The molecule has 19 heavy (non-hydrogen) atoms. The van der Waals surface area contributed by atoms with Gasteiger partial charge in [-0.15, -0.1) is 0 Å². The van der Waals surface area contributed by atoms with Crippen molar-refractivity contribution in [1.82, 2.24) is 9.97 Å². The number of ether oxygens (including phenoxy) is 2. The Labute approximate surface area is 116 Å². The average Bonchev–Trinajstić information content (AvgIpc) is 2.84. The third-order valence-corrected chi connectivity index (χ3v) is 3.99. The molecule has 1 unspecified atom stereocenters. The molecule has 0 fully saturated rings. The van der Waals surface area contributed by atoms with Gasteiger partial charge in [0.05, 0.1) is 25.3 Å². The zero-order valence-corrected chi connectivity index (χ0v) is 12.2. The van der Waals surface area contributed by atoms with E-state index in [1.165, 1.54) is 0 Å². The highest BCUT2D eigenvalue weighted by atomic mass is 32.2. The molecule has 0 spiro atoms. The highest BCUT2D eigenvalue weighted by Gasteiger charge is 2.11. The maximum Gasteiger partial charge on any atom is 0.166 e. The number of nitrogens with one attached hydrogen (secondary N) is 1.